The van der Waals surface area contributed by atoms with Crippen molar-refractivity contribution in [1.82, 2.24) is 0 Å². The fourth-order valence-electron chi connectivity index (χ4n) is 0.322. The molecule has 0 rings (SSSR count). The Hall–Kier alpha value is -1.06. The van der Waals surface area contributed by atoms with Gasteiger partial charge in [-0.25, -0.2) is 4.79 Å². The van der Waals surface area contributed by atoms with Gasteiger partial charge in [0.2, 0.25) is 0 Å². The number of esters is 1. The van der Waals surface area contributed by atoms with Crippen LogP contribution in [0.3, 0.4) is 0 Å². The summed E-state index contributed by atoms with van der Waals surface area (Å²) in [4.78, 5) is 14.8. The number of methoxy groups -OCH3 is 1. The van der Waals surface area contributed by atoms with Gasteiger partial charge in [0.25, 0.3) is 0 Å². The first-order valence-electron chi connectivity index (χ1n) is 3.38. The molecular weight excluding hydrogens is 146 g/mol. The maximum Gasteiger partial charge on any atom is 0.355 e. The highest BCUT2D eigenvalue weighted by Crippen LogP contribution is 1.81. The topological polar surface area (TPSA) is 47.9 Å². The van der Waals surface area contributed by atoms with Crippen molar-refractivity contribution in [3.8, 4) is 0 Å². The monoisotopic (exact) mass is 161 g/mol. The number of carbonyl (C=O) groups excluding carboxylic acids is 1. The Morgan fingerprint density at radius 3 is 2.00 bits per heavy atom. The van der Waals surface area contributed by atoms with E-state index >= 15 is 0 Å². The van der Waals surface area contributed by atoms with E-state index in [9.17, 15) is 4.79 Å². The van der Waals surface area contributed by atoms with Crippen LogP contribution in [-0.4, -0.2) is 25.9 Å². The Morgan fingerprint density at radius 1 is 1.27 bits per heavy atom. The molecule has 0 aromatic carbocycles. The van der Waals surface area contributed by atoms with Crippen LogP contribution in [0, 0.1) is 0 Å². The molecule has 0 aliphatic carbocycles. The number of ether oxygens (including phenoxy) is 1. The summed E-state index contributed by atoms with van der Waals surface area (Å²) in [6.45, 7) is 5.51. The molecule has 0 unspecified atom stereocenters. The lowest BCUT2D eigenvalue weighted by Crippen LogP contribution is -2.11. The predicted octanol–water partition coefficient (Wildman–Crippen LogP) is 1.21. The highest BCUT2D eigenvalue weighted by atomic mass is 16.6. The fourth-order valence-corrected chi connectivity index (χ4v) is 0.322. The molecule has 0 aromatic rings. The van der Waals surface area contributed by atoms with E-state index in [1.807, 2.05) is 13.8 Å². The van der Waals surface area contributed by atoms with Crippen molar-refractivity contribution in [2.24, 2.45) is 5.16 Å². The molecule has 0 N–H and O–H groups in total. The summed E-state index contributed by atoms with van der Waals surface area (Å²) < 4.78 is 4.31. The van der Waals surface area contributed by atoms with Crippen LogP contribution in [0.1, 0.15) is 20.8 Å². The highest BCUT2D eigenvalue weighted by molar-refractivity contribution is 6.35. The zero-order valence-corrected chi connectivity index (χ0v) is 7.67. The summed E-state index contributed by atoms with van der Waals surface area (Å²) in [7, 11) is 2.66. The molecule has 0 radical (unpaired) electrons. The van der Waals surface area contributed by atoms with Crippen molar-refractivity contribution in [1.29, 1.82) is 0 Å². The lowest BCUT2D eigenvalue weighted by atomic mass is 10.4. The summed E-state index contributed by atoms with van der Waals surface area (Å²) in [6, 6.07) is 0. The lowest BCUT2D eigenvalue weighted by molar-refractivity contribution is -0.132. The van der Waals surface area contributed by atoms with E-state index in [0.29, 0.717) is 0 Å². The third-order valence-corrected chi connectivity index (χ3v) is 0.709. The van der Waals surface area contributed by atoms with E-state index in [2.05, 4.69) is 14.7 Å². The molecule has 0 saturated heterocycles. The first kappa shape index (κ1) is 12.6. The number of rotatable bonds is 2. The van der Waals surface area contributed by atoms with Gasteiger partial charge in [0.05, 0.1) is 7.11 Å². The lowest BCUT2D eigenvalue weighted by Gasteiger charge is -1.94. The molecule has 0 saturated carbocycles. The van der Waals surface area contributed by atoms with Gasteiger partial charge in [0.15, 0.2) is 5.71 Å². The van der Waals surface area contributed by atoms with Crippen LogP contribution in [0.5, 0.6) is 0 Å². The van der Waals surface area contributed by atoms with Crippen molar-refractivity contribution in [3.63, 3.8) is 0 Å². The molecule has 66 valence electrons. The van der Waals surface area contributed by atoms with Crippen molar-refractivity contribution >= 4 is 11.7 Å². The second-order valence-corrected chi connectivity index (χ2v) is 1.35. The first-order valence-corrected chi connectivity index (χ1v) is 3.38. The van der Waals surface area contributed by atoms with E-state index in [-0.39, 0.29) is 5.71 Å². The molecule has 4 nitrogen and oxygen atoms in total. The molecule has 0 aromatic heterocycles. The van der Waals surface area contributed by atoms with Gasteiger partial charge in [0, 0.05) is 0 Å². The standard InChI is InChI=1S/C5H9NO3.C2H6/c1-4(6-9-3)5(7)8-2;1-2/h1-3H3;1-2H3/b6-4-;. The van der Waals surface area contributed by atoms with Crippen LogP contribution in [0.25, 0.3) is 0 Å². The molecule has 0 amide bonds. The van der Waals surface area contributed by atoms with Gasteiger partial charge >= 0.3 is 5.97 Å². The largest absolute Gasteiger partial charge is 0.464 e. The molecular formula is C7H15NO3. The van der Waals surface area contributed by atoms with Gasteiger partial charge < -0.3 is 9.57 Å². The van der Waals surface area contributed by atoms with Crippen molar-refractivity contribution in [3.05, 3.63) is 0 Å². The minimum absolute atomic E-state index is 0.208. The number of hydrogen-bond acceptors (Lipinski definition) is 4. The zero-order valence-electron chi connectivity index (χ0n) is 7.67. The van der Waals surface area contributed by atoms with Crippen LogP contribution in [0.15, 0.2) is 5.16 Å². The molecule has 11 heavy (non-hydrogen) atoms. The Bertz CT molecular complexity index is 132. The van der Waals surface area contributed by atoms with Gasteiger partial charge in [-0.2, -0.15) is 0 Å². The Morgan fingerprint density at radius 2 is 1.73 bits per heavy atom. The van der Waals surface area contributed by atoms with E-state index in [4.69, 9.17) is 0 Å². The second kappa shape index (κ2) is 8.94. The van der Waals surface area contributed by atoms with E-state index in [1.54, 1.807) is 0 Å². The summed E-state index contributed by atoms with van der Waals surface area (Å²) in [6.07, 6.45) is 0. The van der Waals surface area contributed by atoms with Gasteiger partial charge in [-0.15, -0.1) is 0 Å². The molecule has 0 bridgehead atoms. The minimum Gasteiger partial charge on any atom is -0.464 e. The van der Waals surface area contributed by atoms with E-state index < -0.39 is 5.97 Å². The van der Waals surface area contributed by atoms with E-state index in [1.165, 1.54) is 21.1 Å². The third kappa shape index (κ3) is 6.83. The third-order valence-electron chi connectivity index (χ3n) is 0.709. The van der Waals surface area contributed by atoms with Crippen LogP contribution in [-0.2, 0) is 14.4 Å². The van der Waals surface area contributed by atoms with E-state index in [0.717, 1.165) is 0 Å². The quantitative estimate of drug-likeness (QED) is 0.347. The summed E-state index contributed by atoms with van der Waals surface area (Å²) in [5, 5.41) is 3.34. The first-order chi connectivity index (χ1) is 5.22. The predicted molar refractivity (Wildman–Crippen MR) is 43.5 cm³/mol. The van der Waals surface area contributed by atoms with Gasteiger partial charge in [0.1, 0.15) is 7.11 Å². The zero-order chi connectivity index (χ0) is 9.28. The number of oxime groups is 1. The number of carbonyl (C=O) groups is 1. The Balaban J connectivity index is 0. The normalized spacial score (nSPS) is 9.36. The molecule has 0 fully saturated rings. The second-order valence-electron chi connectivity index (χ2n) is 1.35. The molecule has 0 spiro atoms. The van der Waals surface area contributed by atoms with Crippen molar-refractivity contribution < 1.29 is 14.4 Å². The molecule has 0 aliphatic heterocycles. The fraction of sp³-hybridized carbons (Fsp3) is 0.714. The van der Waals surface area contributed by atoms with Gasteiger partial charge in [-0.1, -0.05) is 19.0 Å². The summed E-state index contributed by atoms with van der Waals surface area (Å²) >= 11 is 0. The SMILES string of the molecule is CC.CO/N=C(/C)C(=O)OC. The van der Waals surface area contributed by atoms with Gasteiger partial charge in [-0.05, 0) is 6.92 Å². The average Bonchev–Trinajstić information content (AvgIpc) is 2.07. The average molecular weight is 161 g/mol. The number of nitrogens with zero attached hydrogens (tertiary/aromatic N) is 1. The Kier molecular flexibility index (Phi) is 10.2. The smallest absolute Gasteiger partial charge is 0.355 e. The van der Waals surface area contributed by atoms with Crippen LogP contribution in [0.4, 0.5) is 0 Å². The van der Waals surface area contributed by atoms with Crippen LogP contribution >= 0.6 is 0 Å². The van der Waals surface area contributed by atoms with Crippen LogP contribution < -0.4 is 0 Å². The number of hydrogen-bond donors (Lipinski definition) is 0. The maximum atomic E-state index is 10.5. The molecule has 4 heteroatoms. The maximum absolute atomic E-state index is 10.5. The van der Waals surface area contributed by atoms with Crippen molar-refractivity contribution in [2.75, 3.05) is 14.2 Å². The van der Waals surface area contributed by atoms with Crippen molar-refractivity contribution in [2.45, 2.75) is 20.8 Å². The Labute approximate surface area is 67.2 Å². The highest BCUT2D eigenvalue weighted by Gasteiger charge is 2.03. The molecule has 0 atom stereocenters. The molecule has 0 aliphatic rings. The minimum atomic E-state index is -0.475. The molecule has 0 heterocycles. The van der Waals surface area contributed by atoms with Crippen LogP contribution in [0.2, 0.25) is 0 Å². The summed E-state index contributed by atoms with van der Waals surface area (Å²) in [5.41, 5.74) is 0.208. The summed E-state index contributed by atoms with van der Waals surface area (Å²) in [5.74, 6) is -0.475. The van der Waals surface area contributed by atoms with Gasteiger partial charge in [-0.3, -0.25) is 0 Å².